The van der Waals surface area contributed by atoms with Gasteiger partial charge in [0.25, 0.3) is 0 Å². The Morgan fingerprint density at radius 3 is 2.85 bits per heavy atom. The molecular weight excluding hydrogens is 250 g/mol. The third-order valence-corrected chi connectivity index (χ3v) is 4.01. The summed E-state index contributed by atoms with van der Waals surface area (Å²) in [4.78, 5) is 2.31. The van der Waals surface area contributed by atoms with Crippen molar-refractivity contribution in [3.8, 4) is 0 Å². The van der Waals surface area contributed by atoms with E-state index in [4.69, 9.17) is 4.74 Å². The Balaban J connectivity index is 2.04. The number of nitrogens with zero attached hydrogens (tertiary/aromatic N) is 1. The molecule has 1 aliphatic rings. The molecule has 0 bridgehead atoms. The van der Waals surface area contributed by atoms with E-state index in [0.29, 0.717) is 6.61 Å². The minimum atomic E-state index is -0.692. The Morgan fingerprint density at radius 2 is 2.00 bits per heavy atom. The highest BCUT2D eigenvalue weighted by atomic mass is 16.6. The molecule has 0 amide bonds. The molecular formula is C17H21NO2. The Kier molecular flexibility index (Phi) is 3.90. The average Bonchev–Trinajstić information content (AvgIpc) is 2.49. The molecule has 2 aromatic carbocycles. The summed E-state index contributed by atoms with van der Waals surface area (Å²) in [6.07, 6.45) is 1.28. The fourth-order valence-electron chi connectivity index (χ4n) is 3.05. The van der Waals surface area contributed by atoms with E-state index in [-0.39, 0.29) is 6.04 Å². The largest absolute Gasteiger partial charge is 0.366 e. The van der Waals surface area contributed by atoms with Crippen molar-refractivity contribution in [3.05, 3.63) is 42.5 Å². The molecule has 0 saturated carbocycles. The van der Waals surface area contributed by atoms with E-state index < -0.39 is 6.29 Å². The normalized spacial score (nSPS) is 23.2. The average molecular weight is 271 g/mol. The van der Waals surface area contributed by atoms with Gasteiger partial charge in [0, 0.05) is 17.6 Å². The summed E-state index contributed by atoms with van der Waals surface area (Å²) in [7, 11) is 0. The molecule has 1 fully saturated rings. The maximum absolute atomic E-state index is 10.1. The first-order valence-corrected chi connectivity index (χ1v) is 7.35. The van der Waals surface area contributed by atoms with Crippen molar-refractivity contribution in [2.75, 3.05) is 18.1 Å². The number of rotatable bonds is 3. The minimum absolute atomic E-state index is 0.0413. The van der Waals surface area contributed by atoms with Gasteiger partial charge >= 0.3 is 0 Å². The zero-order valence-electron chi connectivity index (χ0n) is 11.8. The lowest BCUT2D eigenvalue weighted by Gasteiger charge is -2.41. The van der Waals surface area contributed by atoms with Gasteiger partial charge in [-0.2, -0.15) is 0 Å². The van der Waals surface area contributed by atoms with E-state index >= 15 is 0 Å². The van der Waals surface area contributed by atoms with Crippen molar-refractivity contribution in [2.24, 2.45) is 0 Å². The summed E-state index contributed by atoms with van der Waals surface area (Å²) in [6.45, 7) is 3.54. The molecule has 0 radical (unpaired) electrons. The van der Waals surface area contributed by atoms with Crippen LogP contribution >= 0.6 is 0 Å². The minimum Gasteiger partial charge on any atom is -0.366 e. The SMILES string of the molecule is CCCC1C(O)OCCN1c1cccc2ccccc12. The van der Waals surface area contributed by atoms with Crippen molar-refractivity contribution < 1.29 is 9.84 Å². The molecule has 1 saturated heterocycles. The lowest BCUT2D eigenvalue weighted by Crippen LogP contribution is -2.51. The van der Waals surface area contributed by atoms with Crippen LogP contribution in [0.15, 0.2) is 42.5 Å². The standard InChI is InChI=1S/C17H21NO2/c1-2-6-16-17(19)20-12-11-18(16)15-10-5-8-13-7-3-4-9-14(13)15/h3-5,7-10,16-17,19H,2,6,11-12H2,1H3. The van der Waals surface area contributed by atoms with Crippen LogP contribution in [0.1, 0.15) is 19.8 Å². The summed E-state index contributed by atoms with van der Waals surface area (Å²) in [5.41, 5.74) is 1.20. The smallest absolute Gasteiger partial charge is 0.175 e. The van der Waals surface area contributed by atoms with Crippen molar-refractivity contribution in [3.63, 3.8) is 0 Å². The molecule has 106 valence electrons. The van der Waals surface area contributed by atoms with E-state index in [1.807, 2.05) is 0 Å². The van der Waals surface area contributed by atoms with Gasteiger partial charge in [-0.05, 0) is 17.9 Å². The molecule has 1 N–H and O–H groups in total. The second-order valence-electron chi connectivity index (χ2n) is 5.31. The number of hydrogen-bond acceptors (Lipinski definition) is 3. The third-order valence-electron chi connectivity index (χ3n) is 4.01. The molecule has 1 heterocycles. The van der Waals surface area contributed by atoms with Gasteiger partial charge in [-0.1, -0.05) is 49.7 Å². The van der Waals surface area contributed by atoms with Crippen molar-refractivity contribution in [2.45, 2.75) is 32.1 Å². The highest BCUT2D eigenvalue weighted by Gasteiger charge is 2.30. The fourth-order valence-corrected chi connectivity index (χ4v) is 3.05. The lowest BCUT2D eigenvalue weighted by molar-refractivity contribution is -0.130. The molecule has 3 heteroatoms. The van der Waals surface area contributed by atoms with Crippen LogP contribution < -0.4 is 4.90 Å². The Bertz CT molecular complexity index is 579. The number of morpholine rings is 1. The quantitative estimate of drug-likeness (QED) is 0.930. The van der Waals surface area contributed by atoms with E-state index in [0.717, 1.165) is 19.4 Å². The van der Waals surface area contributed by atoms with Gasteiger partial charge in [0.2, 0.25) is 0 Å². The topological polar surface area (TPSA) is 32.7 Å². The first-order valence-electron chi connectivity index (χ1n) is 7.35. The Hall–Kier alpha value is -1.58. The van der Waals surface area contributed by atoms with Crippen LogP contribution in [0, 0.1) is 0 Å². The number of aliphatic hydroxyl groups is 1. The van der Waals surface area contributed by atoms with Gasteiger partial charge in [0.05, 0.1) is 12.6 Å². The van der Waals surface area contributed by atoms with Gasteiger partial charge < -0.3 is 14.7 Å². The molecule has 0 aromatic heterocycles. The van der Waals surface area contributed by atoms with E-state index in [9.17, 15) is 5.11 Å². The number of anilines is 1. The second-order valence-corrected chi connectivity index (χ2v) is 5.31. The third kappa shape index (κ3) is 2.39. The molecule has 3 rings (SSSR count). The highest BCUT2D eigenvalue weighted by molar-refractivity contribution is 5.94. The Morgan fingerprint density at radius 1 is 1.20 bits per heavy atom. The van der Waals surface area contributed by atoms with Crippen LogP contribution in [0.2, 0.25) is 0 Å². The first kappa shape index (κ1) is 13.4. The molecule has 3 nitrogen and oxygen atoms in total. The van der Waals surface area contributed by atoms with Gasteiger partial charge in [0.1, 0.15) is 0 Å². The van der Waals surface area contributed by atoms with E-state index in [2.05, 4.69) is 54.3 Å². The van der Waals surface area contributed by atoms with Crippen LogP contribution in [-0.4, -0.2) is 30.6 Å². The van der Waals surface area contributed by atoms with Crippen LogP contribution in [-0.2, 0) is 4.74 Å². The van der Waals surface area contributed by atoms with Crippen LogP contribution in [0.5, 0.6) is 0 Å². The predicted octanol–water partition coefficient (Wildman–Crippen LogP) is 3.16. The molecule has 0 spiro atoms. The molecule has 20 heavy (non-hydrogen) atoms. The molecule has 0 aliphatic carbocycles. The monoisotopic (exact) mass is 271 g/mol. The summed E-state index contributed by atoms with van der Waals surface area (Å²) >= 11 is 0. The summed E-state index contributed by atoms with van der Waals surface area (Å²) in [5, 5.41) is 12.6. The molecule has 1 aliphatic heterocycles. The number of fused-ring (bicyclic) bond motifs is 1. The van der Waals surface area contributed by atoms with Crippen LogP contribution in [0.25, 0.3) is 10.8 Å². The van der Waals surface area contributed by atoms with Gasteiger partial charge in [-0.15, -0.1) is 0 Å². The molecule has 2 unspecified atom stereocenters. The number of benzene rings is 2. The van der Waals surface area contributed by atoms with Crippen LogP contribution in [0.4, 0.5) is 5.69 Å². The zero-order valence-corrected chi connectivity index (χ0v) is 11.8. The Labute approximate surface area is 119 Å². The van der Waals surface area contributed by atoms with Gasteiger partial charge in [0.15, 0.2) is 6.29 Å². The summed E-state index contributed by atoms with van der Waals surface area (Å²) in [6, 6.07) is 14.8. The number of ether oxygens (including phenoxy) is 1. The summed E-state index contributed by atoms with van der Waals surface area (Å²) < 4.78 is 5.42. The zero-order chi connectivity index (χ0) is 13.9. The molecule has 2 atom stereocenters. The van der Waals surface area contributed by atoms with Gasteiger partial charge in [-0.25, -0.2) is 0 Å². The van der Waals surface area contributed by atoms with E-state index in [1.165, 1.54) is 16.5 Å². The van der Waals surface area contributed by atoms with Gasteiger partial charge in [-0.3, -0.25) is 0 Å². The van der Waals surface area contributed by atoms with Crippen LogP contribution in [0.3, 0.4) is 0 Å². The van der Waals surface area contributed by atoms with Crippen molar-refractivity contribution >= 4 is 16.5 Å². The highest BCUT2D eigenvalue weighted by Crippen LogP contribution is 2.31. The number of hydrogen-bond donors (Lipinski definition) is 1. The first-order chi connectivity index (χ1) is 9.81. The molecule has 2 aromatic rings. The lowest BCUT2D eigenvalue weighted by atomic mass is 10.0. The predicted molar refractivity (Wildman–Crippen MR) is 81.9 cm³/mol. The fraction of sp³-hybridized carbons (Fsp3) is 0.412. The summed E-state index contributed by atoms with van der Waals surface area (Å²) in [5.74, 6) is 0. The maximum Gasteiger partial charge on any atom is 0.175 e. The van der Waals surface area contributed by atoms with Crippen molar-refractivity contribution in [1.82, 2.24) is 0 Å². The second kappa shape index (κ2) is 5.81. The van der Waals surface area contributed by atoms with E-state index in [1.54, 1.807) is 0 Å². The maximum atomic E-state index is 10.1. The van der Waals surface area contributed by atoms with Crippen molar-refractivity contribution in [1.29, 1.82) is 0 Å². The number of aliphatic hydroxyl groups excluding tert-OH is 1.